The second-order valence-electron chi connectivity index (χ2n) is 5.29. The molecular formula is C17H12N4O2S. The summed E-state index contributed by atoms with van der Waals surface area (Å²) < 4.78 is 2.12. The number of aromatic nitrogens is 3. The van der Waals surface area contributed by atoms with Crippen molar-refractivity contribution in [3.05, 3.63) is 64.6 Å². The van der Waals surface area contributed by atoms with E-state index in [9.17, 15) is 9.59 Å². The van der Waals surface area contributed by atoms with Crippen LogP contribution in [-0.4, -0.2) is 20.7 Å². The van der Waals surface area contributed by atoms with Crippen LogP contribution in [0.2, 0.25) is 0 Å². The molecule has 0 unspecified atom stereocenters. The van der Waals surface area contributed by atoms with Crippen molar-refractivity contribution in [1.29, 1.82) is 0 Å². The van der Waals surface area contributed by atoms with E-state index in [1.807, 2.05) is 36.4 Å². The number of hydrogen-bond donors (Lipinski definition) is 1. The summed E-state index contributed by atoms with van der Waals surface area (Å²) in [6, 6.07) is 14.7. The average Bonchev–Trinajstić information content (AvgIpc) is 3.00. The smallest absolute Gasteiger partial charge is 0.277 e. The first-order valence-electron chi connectivity index (χ1n) is 7.26. The average molecular weight is 336 g/mol. The topological polar surface area (TPSA) is 76.9 Å². The van der Waals surface area contributed by atoms with Gasteiger partial charge >= 0.3 is 0 Å². The first-order valence-corrected chi connectivity index (χ1v) is 8.07. The zero-order valence-corrected chi connectivity index (χ0v) is 13.5. The number of carbonyl (C=O) groups is 1. The van der Waals surface area contributed by atoms with E-state index in [4.69, 9.17) is 0 Å². The summed E-state index contributed by atoms with van der Waals surface area (Å²) >= 11 is 1.40. The summed E-state index contributed by atoms with van der Waals surface area (Å²) in [7, 11) is 1.50. The van der Waals surface area contributed by atoms with Gasteiger partial charge in [0.2, 0.25) is 0 Å². The molecule has 0 fully saturated rings. The van der Waals surface area contributed by atoms with Crippen LogP contribution in [0.15, 0.2) is 53.3 Å². The quantitative estimate of drug-likeness (QED) is 0.611. The van der Waals surface area contributed by atoms with Gasteiger partial charge in [-0.2, -0.15) is 5.10 Å². The van der Waals surface area contributed by atoms with Crippen LogP contribution < -0.4 is 10.9 Å². The van der Waals surface area contributed by atoms with Crippen LogP contribution in [0.4, 0.5) is 5.13 Å². The molecule has 0 aliphatic carbocycles. The predicted molar refractivity (Wildman–Crippen MR) is 94.6 cm³/mol. The Hall–Kier alpha value is -3.06. The SMILES string of the molecule is Cn1nc(C(=O)Nc2nc3c(ccc4ccccc43)s2)ccc1=O. The molecule has 0 saturated carbocycles. The lowest BCUT2D eigenvalue weighted by Crippen LogP contribution is -2.23. The van der Waals surface area contributed by atoms with E-state index in [1.165, 1.54) is 30.5 Å². The number of carbonyl (C=O) groups excluding carboxylic acids is 1. The largest absolute Gasteiger partial charge is 0.296 e. The Morgan fingerprint density at radius 2 is 1.96 bits per heavy atom. The molecule has 6 nitrogen and oxygen atoms in total. The van der Waals surface area contributed by atoms with E-state index in [-0.39, 0.29) is 11.3 Å². The molecule has 0 aliphatic rings. The highest BCUT2D eigenvalue weighted by Crippen LogP contribution is 2.31. The third-order valence-corrected chi connectivity index (χ3v) is 4.63. The fraction of sp³-hybridized carbons (Fsp3) is 0.0588. The molecule has 0 aliphatic heterocycles. The third kappa shape index (κ3) is 2.44. The Morgan fingerprint density at radius 1 is 1.12 bits per heavy atom. The van der Waals surface area contributed by atoms with Crippen molar-refractivity contribution in [3.63, 3.8) is 0 Å². The lowest BCUT2D eigenvalue weighted by Gasteiger charge is -2.01. The first kappa shape index (κ1) is 14.5. The summed E-state index contributed by atoms with van der Waals surface area (Å²) in [4.78, 5) is 28.2. The van der Waals surface area contributed by atoms with Gasteiger partial charge in [0.05, 0.1) is 10.2 Å². The van der Waals surface area contributed by atoms with Gasteiger partial charge in [0.1, 0.15) is 5.69 Å². The number of amides is 1. The van der Waals surface area contributed by atoms with Crippen molar-refractivity contribution in [1.82, 2.24) is 14.8 Å². The second-order valence-corrected chi connectivity index (χ2v) is 6.32. The standard InChI is InChI=1S/C17H12N4O2S/c1-21-14(22)9-7-12(20-21)16(23)19-17-18-15-11-5-3-2-4-10(11)6-8-13(15)24-17/h2-9H,1H3,(H,18,19,23). The molecule has 0 saturated heterocycles. The maximum Gasteiger partial charge on any atom is 0.277 e. The van der Waals surface area contributed by atoms with E-state index in [0.29, 0.717) is 5.13 Å². The number of benzene rings is 2. The third-order valence-electron chi connectivity index (χ3n) is 3.70. The molecule has 0 spiro atoms. The first-order chi connectivity index (χ1) is 11.6. The molecule has 4 aromatic rings. The summed E-state index contributed by atoms with van der Waals surface area (Å²) in [5.41, 5.74) is 0.765. The van der Waals surface area contributed by atoms with E-state index >= 15 is 0 Å². The van der Waals surface area contributed by atoms with Crippen LogP contribution in [0.3, 0.4) is 0 Å². The number of nitrogens with one attached hydrogen (secondary N) is 1. The number of anilines is 1. The summed E-state index contributed by atoms with van der Waals surface area (Å²) in [6.07, 6.45) is 0. The van der Waals surface area contributed by atoms with E-state index in [2.05, 4.69) is 15.4 Å². The molecule has 1 N–H and O–H groups in total. The number of hydrogen-bond acceptors (Lipinski definition) is 5. The fourth-order valence-corrected chi connectivity index (χ4v) is 3.38. The van der Waals surface area contributed by atoms with Gasteiger partial charge in [0.15, 0.2) is 5.13 Å². The molecule has 0 bridgehead atoms. The minimum Gasteiger partial charge on any atom is -0.296 e. The maximum absolute atomic E-state index is 12.3. The maximum atomic E-state index is 12.3. The van der Waals surface area contributed by atoms with Crippen LogP contribution in [0.5, 0.6) is 0 Å². The monoisotopic (exact) mass is 336 g/mol. The molecule has 1 amide bonds. The zero-order valence-electron chi connectivity index (χ0n) is 12.7. The van der Waals surface area contributed by atoms with Gasteiger partial charge < -0.3 is 0 Å². The number of aryl methyl sites for hydroxylation is 1. The highest BCUT2D eigenvalue weighted by atomic mass is 32.1. The Morgan fingerprint density at radius 3 is 2.79 bits per heavy atom. The fourth-order valence-electron chi connectivity index (χ4n) is 2.50. The van der Waals surface area contributed by atoms with E-state index < -0.39 is 5.91 Å². The van der Waals surface area contributed by atoms with Crippen molar-refractivity contribution >= 4 is 43.4 Å². The number of thiazole rings is 1. The lowest BCUT2D eigenvalue weighted by molar-refractivity contribution is 0.102. The van der Waals surface area contributed by atoms with E-state index in [1.54, 1.807) is 0 Å². The normalized spacial score (nSPS) is 11.0. The Bertz CT molecular complexity index is 1150. The molecule has 0 atom stereocenters. The number of fused-ring (bicyclic) bond motifs is 3. The van der Waals surface area contributed by atoms with Crippen LogP contribution in [0, 0.1) is 0 Å². The summed E-state index contributed by atoms with van der Waals surface area (Å²) in [5, 5.41) is 9.35. The number of nitrogens with zero attached hydrogens (tertiary/aromatic N) is 3. The van der Waals surface area contributed by atoms with Gasteiger partial charge in [-0.1, -0.05) is 41.7 Å². The number of rotatable bonds is 2. The highest BCUT2D eigenvalue weighted by Gasteiger charge is 2.13. The van der Waals surface area contributed by atoms with Gasteiger partial charge in [-0.05, 0) is 17.5 Å². The van der Waals surface area contributed by atoms with Crippen molar-refractivity contribution in [2.45, 2.75) is 0 Å². The van der Waals surface area contributed by atoms with Crippen molar-refractivity contribution < 1.29 is 4.79 Å². The van der Waals surface area contributed by atoms with Gasteiger partial charge in [-0.3, -0.25) is 14.9 Å². The molecular weight excluding hydrogens is 324 g/mol. The van der Waals surface area contributed by atoms with Gasteiger partial charge in [0.25, 0.3) is 11.5 Å². The minimum absolute atomic E-state index is 0.168. The second kappa shape index (κ2) is 5.54. The Labute approximate surface area is 140 Å². The van der Waals surface area contributed by atoms with Crippen molar-refractivity contribution in [2.75, 3.05) is 5.32 Å². The van der Waals surface area contributed by atoms with Gasteiger partial charge in [0, 0.05) is 18.5 Å². The molecule has 2 aromatic heterocycles. The van der Waals surface area contributed by atoms with Crippen LogP contribution in [0.1, 0.15) is 10.5 Å². The van der Waals surface area contributed by atoms with Crippen LogP contribution in [0.25, 0.3) is 21.0 Å². The molecule has 24 heavy (non-hydrogen) atoms. The minimum atomic E-state index is -0.394. The molecule has 0 radical (unpaired) electrons. The summed E-state index contributed by atoms with van der Waals surface area (Å²) in [5.74, 6) is -0.394. The molecule has 2 aromatic carbocycles. The molecule has 4 rings (SSSR count). The zero-order chi connectivity index (χ0) is 16.7. The van der Waals surface area contributed by atoms with Crippen LogP contribution in [-0.2, 0) is 7.05 Å². The molecule has 2 heterocycles. The highest BCUT2D eigenvalue weighted by molar-refractivity contribution is 7.22. The lowest BCUT2D eigenvalue weighted by atomic mass is 10.1. The van der Waals surface area contributed by atoms with Crippen molar-refractivity contribution in [3.8, 4) is 0 Å². The molecule has 7 heteroatoms. The van der Waals surface area contributed by atoms with Gasteiger partial charge in [-0.15, -0.1) is 0 Å². The Balaban J connectivity index is 1.71. The van der Waals surface area contributed by atoms with Gasteiger partial charge in [-0.25, -0.2) is 9.67 Å². The van der Waals surface area contributed by atoms with E-state index in [0.717, 1.165) is 25.7 Å². The summed E-state index contributed by atoms with van der Waals surface area (Å²) in [6.45, 7) is 0. The predicted octanol–water partition coefficient (Wildman–Crippen LogP) is 2.80. The molecule has 118 valence electrons. The van der Waals surface area contributed by atoms with Crippen LogP contribution >= 0.6 is 11.3 Å². The Kier molecular flexibility index (Phi) is 3.35. The van der Waals surface area contributed by atoms with Crippen molar-refractivity contribution in [2.24, 2.45) is 7.05 Å².